The van der Waals surface area contributed by atoms with Gasteiger partial charge in [-0.1, -0.05) is 0 Å². The molecular weight excluding hydrogens is 172 g/mol. The van der Waals surface area contributed by atoms with Gasteiger partial charge in [-0.15, -0.1) is 0 Å². The second-order valence-corrected chi connectivity index (χ2v) is 2.88. The summed E-state index contributed by atoms with van der Waals surface area (Å²) in [6.45, 7) is 4.69. The summed E-state index contributed by atoms with van der Waals surface area (Å²) in [5, 5.41) is 8.85. The third-order valence-corrected chi connectivity index (χ3v) is 1.37. The first-order chi connectivity index (χ1) is 6.27. The van der Waals surface area contributed by atoms with Crippen LogP contribution in [0.4, 0.5) is 0 Å². The molecule has 0 saturated carbocycles. The van der Waals surface area contributed by atoms with Gasteiger partial charge in [-0.25, -0.2) is 0 Å². The van der Waals surface area contributed by atoms with Gasteiger partial charge >= 0.3 is 0 Å². The van der Waals surface area contributed by atoms with E-state index >= 15 is 0 Å². The van der Waals surface area contributed by atoms with Crippen LogP contribution in [0.15, 0.2) is 0 Å². The Bertz CT molecular complexity index is 95.6. The van der Waals surface area contributed by atoms with Gasteiger partial charge < -0.3 is 19.3 Å². The molecule has 0 heterocycles. The monoisotopic (exact) mass is 192 g/mol. The van der Waals surface area contributed by atoms with Gasteiger partial charge in [-0.2, -0.15) is 0 Å². The smallest absolute Gasteiger partial charge is 0.0745 e. The van der Waals surface area contributed by atoms with Crippen LogP contribution in [0.1, 0.15) is 13.3 Å². The lowest BCUT2D eigenvalue weighted by Gasteiger charge is -2.06. The van der Waals surface area contributed by atoms with Gasteiger partial charge in [0.25, 0.3) is 0 Å². The lowest BCUT2D eigenvalue weighted by molar-refractivity contribution is 0.0246. The first-order valence-electron chi connectivity index (χ1n) is 4.60. The molecule has 0 spiro atoms. The highest BCUT2D eigenvalue weighted by molar-refractivity contribution is 4.42. The van der Waals surface area contributed by atoms with E-state index in [0.717, 1.165) is 6.42 Å². The highest BCUT2D eigenvalue weighted by Crippen LogP contribution is 1.88. The van der Waals surface area contributed by atoms with E-state index in [1.54, 1.807) is 14.0 Å². The van der Waals surface area contributed by atoms with Crippen molar-refractivity contribution in [3.63, 3.8) is 0 Å². The first-order valence-corrected chi connectivity index (χ1v) is 4.60. The summed E-state index contributed by atoms with van der Waals surface area (Å²) >= 11 is 0. The van der Waals surface area contributed by atoms with Crippen molar-refractivity contribution in [3.8, 4) is 0 Å². The van der Waals surface area contributed by atoms with Crippen LogP contribution in [0, 0.1) is 0 Å². The molecule has 0 aliphatic carbocycles. The standard InChI is InChI=1S/C9H20O4/c1-9(10)8-13-5-3-4-12-7-6-11-2/h9-10H,3-8H2,1-2H3. The van der Waals surface area contributed by atoms with Gasteiger partial charge in [-0.05, 0) is 13.3 Å². The highest BCUT2D eigenvalue weighted by Gasteiger charge is 1.94. The van der Waals surface area contributed by atoms with Crippen molar-refractivity contribution in [1.29, 1.82) is 0 Å². The van der Waals surface area contributed by atoms with Crippen LogP contribution in [0.25, 0.3) is 0 Å². The van der Waals surface area contributed by atoms with Gasteiger partial charge in [0.05, 0.1) is 25.9 Å². The van der Waals surface area contributed by atoms with E-state index in [1.807, 2.05) is 0 Å². The fourth-order valence-electron chi connectivity index (χ4n) is 0.761. The fourth-order valence-corrected chi connectivity index (χ4v) is 0.761. The van der Waals surface area contributed by atoms with Crippen LogP contribution in [-0.4, -0.2) is 51.4 Å². The Balaban J connectivity index is 2.84. The number of rotatable bonds is 9. The second-order valence-electron chi connectivity index (χ2n) is 2.88. The average molecular weight is 192 g/mol. The lowest BCUT2D eigenvalue weighted by atomic mass is 10.4. The molecule has 0 fully saturated rings. The van der Waals surface area contributed by atoms with Crippen LogP contribution in [0.5, 0.6) is 0 Å². The summed E-state index contributed by atoms with van der Waals surface area (Å²) in [6, 6.07) is 0. The van der Waals surface area contributed by atoms with E-state index in [0.29, 0.717) is 33.0 Å². The van der Waals surface area contributed by atoms with Crippen LogP contribution < -0.4 is 0 Å². The average Bonchev–Trinajstić information content (AvgIpc) is 2.09. The lowest BCUT2D eigenvalue weighted by Crippen LogP contribution is -2.12. The summed E-state index contributed by atoms with van der Waals surface area (Å²) < 4.78 is 15.2. The van der Waals surface area contributed by atoms with Crippen molar-refractivity contribution < 1.29 is 19.3 Å². The van der Waals surface area contributed by atoms with Crippen molar-refractivity contribution in [2.45, 2.75) is 19.4 Å². The molecule has 0 amide bonds. The van der Waals surface area contributed by atoms with Crippen LogP contribution in [-0.2, 0) is 14.2 Å². The van der Waals surface area contributed by atoms with Crippen molar-refractivity contribution in [3.05, 3.63) is 0 Å². The zero-order chi connectivity index (χ0) is 9.94. The maximum atomic E-state index is 8.85. The fraction of sp³-hybridized carbons (Fsp3) is 1.00. The first kappa shape index (κ1) is 12.8. The number of aliphatic hydroxyl groups excluding tert-OH is 1. The molecule has 0 aromatic rings. The normalized spacial score (nSPS) is 13.2. The molecule has 13 heavy (non-hydrogen) atoms. The van der Waals surface area contributed by atoms with E-state index < -0.39 is 0 Å². The Morgan fingerprint density at radius 1 is 1.08 bits per heavy atom. The highest BCUT2D eigenvalue weighted by atomic mass is 16.5. The second kappa shape index (κ2) is 9.92. The zero-order valence-electron chi connectivity index (χ0n) is 8.49. The van der Waals surface area contributed by atoms with Gasteiger partial charge in [0.2, 0.25) is 0 Å². The van der Waals surface area contributed by atoms with Gasteiger partial charge in [0, 0.05) is 20.3 Å². The minimum absolute atomic E-state index is 0.380. The van der Waals surface area contributed by atoms with Crippen molar-refractivity contribution >= 4 is 0 Å². The Kier molecular flexibility index (Phi) is 9.80. The van der Waals surface area contributed by atoms with Crippen LogP contribution in [0.2, 0.25) is 0 Å². The Hall–Kier alpha value is -0.160. The quantitative estimate of drug-likeness (QED) is 0.538. The zero-order valence-corrected chi connectivity index (χ0v) is 8.49. The molecular formula is C9H20O4. The van der Waals surface area contributed by atoms with Crippen LogP contribution >= 0.6 is 0 Å². The summed E-state index contributed by atoms with van der Waals surface area (Å²) in [5.41, 5.74) is 0. The van der Waals surface area contributed by atoms with Gasteiger partial charge in [0.15, 0.2) is 0 Å². The SMILES string of the molecule is COCCOCCCOCC(C)O. The maximum Gasteiger partial charge on any atom is 0.0745 e. The predicted octanol–water partition coefficient (Wildman–Crippen LogP) is 0.437. The predicted molar refractivity (Wildman–Crippen MR) is 49.8 cm³/mol. The molecule has 0 aromatic carbocycles. The van der Waals surface area contributed by atoms with Crippen molar-refractivity contribution in [2.24, 2.45) is 0 Å². The van der Waals surface area contributed by atoms with Crippen LogP contribution in [0.3, 0.4) is 0 Å². The molecule has 0 saturated heterocycles. The van der Waals surface area contributed by atoms with Crippen molar-refractivity contribution in [1.82, 2.24) is 0 Å². The number of hydrogen-bond acceptors (Lipinski definition) is 4. The molecule has 0 aliphatic rings. The summed E-state index contributed by atoms with van der Waals surface area (Å²) in [6.07, 6.45) is 0.477. The summed E-state index contributed by atoms with van der Waals surface area (Å²) in [4.78, 5) is 0. The summed E-state index contributed by atoms with van der Waals surface area (Å²) in [5.74, 6) is 0. The molecule has 0 bridgehead atoms. The van der Waals surface area contributed by atoms with E-state index in [9.17, 15) is 0 Å². The number of methoxy groups -OCH3 is 1. The minimum atomic E-state index is -0.380. The van der Waals surface area contributed by atoms with Crippen molar-refractivity contribution in [2.75, 3.05) is 40.1 Å². The third-order valence-electron chi connectivity index (χ3n) is 1.37. The molecule has 0 aromatic heterocycles. The Morgan fingerprint density at radius 3 is 2.38 bits per heavy atom. The maximum absolute atomic E-state index is 8.85. The molecule has 1 N–H and O–H groups in total. The van der Waals surface area contributed by atoms with E-state index in [4.69, 9.17) is 19.3 Å². The van der Waals surface area contributed by atoms with Gasteiger partial charge in [0.1, 0.15) is 0 Å². The third kappa shape index (κ3) is 11.8. The molecule has 1 unspecified atom stereocenters. The largest absolute Gasteiger partial charge is 0.391 e. The molecule has 0 aliphatic heterocycles. The molecule has 4 heteroatoms. The van der Waals surface area contributed by atoms with E-state index in [1.165, 1.54) is 0 Å². The topological polar surface area (TPSA) is 47.9 Å². The van der Waals surface area contributed by atoms with E-state index in [2.05, 4.69) is 0 Å². The Morgan fingerprint density at radius 2 is 1.77 bits per heavy atom. The Labute approximate surface area is 79.8 Å². The molecule has 0 rings (SSSR count). The molecule has 0 radical (unpaired) electrons. The number of aliphatic hydroxyl groups is 1. The van der Waals surface area contributed by atoms with E-state index in [-0.39, 0.29) is 6.10 Å². The van der Waals surface area contributed by atoms with Gasteiger partial charge in [-0.3, -0.25) is 0 Å². The molecule has 4 nitrogen and oxygen atoms in total. The number of hydrogen-bond donors (Lipinski definition) is 1. The number of ether oxygens (including phenoxy) is 3. The molecule has 1 atom stereocenters. The summed E-state index contributed by atoms with van der Waals surface area (Å²) in [7, 11) is 1.65. The molecule has 80 valence electrons. The minimum Gasteiger partial charge on any atom is -0.391 e.